The zero-order valence-electron chi connectivity index (χ0n) is 9.01. The van der Waals surface area contributed by atoms with Crippen LogP contribution in [0.1, 0.15) is 6.42 Å². The van der Waals surface area contributed by atoms with Gasteiger partial charge in [0, 0.05) is 18.7 Å². The third kappa shape index (κ3) is 3.10. The van der Waals surface area contributed by atoms with Gasteiger partial charge in [-0.2, -0.15) is 0 Å². The molecule has 1 aromatic carbocycles. The van der Waals surface area contributed by atoms with Crippen molar-refractivity contribution in [2.75, 3.05) is 25.3 Å². The Hall–Kier alpha value is -1.27. The second-order valence-corrected chi connectivity index (χ2v) is 3.73. The Morgan fingerprint density at radius 1 is 1.29 bits per heavy atom. The number of hydrogen-bond donors (Lipinski definition) is 1. The van der Waals surface area contributed by atoms with Crippen molar-refractivity contribution in [1.29, 1.82) is 0 Å². The number of rotatable bonds is 3. The average molecular weight is 247 g/mol. The predicted molar refractivity (Wildman–Crippen MR) is 55.1 cm³/mol. The number of anilines is 1. The molecule has 1 aromatic rings. The lowest BCUT2D eigenvalue weighted by atomic mass is 10.2. The summed E-state index contributed by atoms with van der Waals surface area (Å²) >= 11 is 0. The van der Waals surface area contributed by atoms with Crippen LogP contribution in [0.3, 0.4) is 0 Å². The monoisotopic (exact) mass is 247 g/mol. The van der Waals surface area contributed by atoms with E-state index in [0.717, 1.165) is 6.07 Å². The summed E-state index contributed by atoms with van der Waals surface area (Å²) in [4.78, 5) is 0. The van der Waals surface area contributed by atoms with E-state index in [1.54, 1.807) is 0 Å². The van der Waals surface area contributed by atoms with Gasteiger partial charge in [-0.3, -0.25) is 0 Å². The number of benzene rings is 1. The van der Waals surface area contributed by atoms with Crippen LogP contribution in [0.25, 0.3) is 0 Å². The molecule has 0 aromatic heterocycles. The van der Waals surface area contributed by atoms with Crippen molar-refractivity contribution in [3.63, 3.8) is 0 Å². The van der Waals surface area contributed by atoms with Gasteiger partial charge in [0.15, 0.2) is 11.6 Å². The van der Waals surface area contributed by atoms with Crippen molar-refractivity contribution < 1.29 is 22.6 Å². The molecule has 0 bridgehead atoms. The lowest BCUT2D eigenvalue weighted by Crippen LogP contribution is -2.30. The Morgan fingerprint density at radius 3 is 2.82 bits per heavy atom. The number of halogens is 3. The van der Waals surface area contributed by atoms with Crippen LogP contribution in [0.2, 0.25) is 0 Å². The minimum absolute atomic E-state index is 0.144. The van der Waals surface area contributed by atoms with Gasteiger partial charge >= 0.3 is 0 Å². The normalized spacial score (nSPS) is 20.3. The SMILES string of the molecule is Fc1cc(F)c(F)c(NCC2CCOCO2)c1. The molecule has 17 heavy (non-hydrogen) atoms. The van der Waals surface area contributed by atoms with E-state index in [1.165, 1.54) is 0 Å². The quantitative estimate of drug-likeness (QED) is 0.831. The number of ether oxygens (including phenoxy) is 2. The molecule has 1 saturated heterocycles. The molecule has 1 aliphatic rings. The zero-order valence-corrected chi connectivity index (χ0v) is 9.01. The number of hydrogen-bond acceptors (Lipinski definition) is 3. The maximum atomic E-state index is 13.3. The number of nitrogens with one attached hydrogen (secondary N) is 1. The maximum absolute atomic E-state index is 13.3. The highest BCUT2D eigenvalue weighted by Gasteiger charge is 2.16. The van der Waals surface area contributed by atoms with Gasteiger partial charge in [-0.15, -0.1) is 0 Å². The highest BCUT2D eigenvalue weighted by atomic mass is 19.2. The lowest BCUT2D eigenvalue weighted by molar-refractivity contribution is -0.133. The minimum Gasteiger partial charge on any atom is -0.380 e. The van der Waals surface area contributed by atoms with Crippen molar-refractivity contribution in [2.24, 2.45) is 0 Å². The highest BCUT2D eigenvalue weighted by Crippen LogP contribution is 2.19. The van der Waals surface area contributed by atoms with Crippen LogP contribution in [0, 0.1) is 17.5 Å². The molecule has 1 fully saturated rings. The smallest absolute Gasteiger partial charge is 0.182 e. The van der Waals surface area contributed by atoms with E-state index in [0.29, 0.717) is 19.1 Å². The maximum Gasteiger partial charge on any atom is 0.182 e. The molecule has 1 N–H and O–H groups in total. The van der Waals surface area contributed by atoms with Crippen LogP contribution in [0.15, 0.2) is 12.1 Å². The second-order valence-electron chi connectivity index (χ2n) is 3.73. The first kappa shape index (κ1) is 12.2. The van der Waals surface area contributed by atoms with E-state index in [4.69, 9.17) is 9.47 Å². The van der Waals surface area contributed by atoms with Crippen LogP contribution >= 0.6 is 0 Å². The van der Waals surface area contributed by atoms with Crippen LogP contribution < -0.4 is 5.32 Å². The fourth-order valence-electron chi connectivity index (χ4n) is 1.57. The molecule has 6 heteroatoms. The fourth-order valence-corrected chi connectivity index (χ4v) is 1.57. The molecule has 1 aliphatic heterocycles. The zero-order chi connectivity index (χ0) is 12.3. The van der Waals surface area contributed by atoms with Gasteiger partial charge in [0.05, 0.1) is 18.4 Å². The topological polar surface area (TPSA) is 30.5 Å². The molecule has 1 atom stereocenters. The van der Waals surface area contributed by atoms with Gasteiger partial charge in [-0.1, -0.05) is 0 Å². The third-order valence-electron chi connectivity index (χ3n) is 2.48. The summed E-state index contributed by atoms with van der Waals surface area (Å²) in [5, 5.41) is 2.63. The van der Waals surface area contributed by atoms with E-state index in [2.05, 4.69) is 5.32 Å². The molecule has 0 spiro atoms. The van der Waals surface area contributed by atoms with Gasteiger partial charge in [-0.25, -0.2) is 13.2 Å². The molecule has 3 nitrogen and oxygen atoms in total. The summed E-state index contributed by atoms with van der Waals surface area (Å²) in [7, 11) is 0. The van der Waals surface area contributed by atoms with Gasteiger partial charge in [0.2, 0.25) is 0 Å². The van der Waals surface area contributed by atoms with Gasteiger partial charge in [-0.05, 0) is 6.42 Å². The fraction of sp³-hybridized carbons (Fsp3) is 0.455. The van der Waals surface area contributed by atoms with Crippen molar-refractivity contribution in [3.8, 4) is 0 Å². The summed E-state index contributed by atoms with van der Waals surface area (Å²) < 4.78 is 49.2. The third-order valence-corrected chi connectivity index (χ3v) is 2.48. The first-order valence-electron chi connectivity index (χ1n) is 5.24. The first-order chi connectivity index (χ1) is 8.16. The van der Waals surface area contributed by atoms with Crippen LogP contribution in [0.4, 0.5) is 18.9 Å². The van der Waals surface area contributed by atoms with E-state index < -0.39 is 17.5 Å². The Morgan fingerprint density at radius 2 is 2.12 bits per heavy atom. The van der Waals surface area contributed by atoms with E-state index in [9.17, 15) is 13.2 Å². The molecule has 0 saturated carbocycles. The summed E-state index contributed by atoms with van der Waals surface area (Å²) in [5.74, 6) is -3.11. The van der Waals surface area contributed by atoms with Crippen molar-refractivity contribution in [1.82, 2.24) is 0 Å². The van der Waals surface area contributed by atoms with Crippen molar-refractivity contribution in [2.45, 2.75) is 12.5 Å². The Labute approximate surface area is 96.5 Å². The van der Waals surface area contributed by atoms with E-state index in [1.807, 2.05) is 0 Å². The second kappa shape index (κ2) is 5.37. The minimum atomic E-state index is -1.21. The molecule has 1 unspecified atom stereocenters. The Bertz CT molecular complexity index is 395. The van der Waals surface area contributed by atoms with Gasteiger partial charge in [0.25, 0.3) is 0 Å². The largest absolute Gasteiger partial charge is 0.380 e. The summed E-state index contributed by atoms with van der Waals surface area (Å²) in [5.41, 5.74) is -0.197. The molecule has 2 rings (SSSR count). The Balaban J connectivity index is 1.98. The standard InChI is InChI=1S/C11H12F3NO2/c12-7-3-9(13)11(14)10(4-7)15-5-8-1-2-16-6-17-8/h3-4,8,15H,1-2,5-6H2. The van der Waals surface area contributed by atoms with Gasteiger partial charge in [0.1, 0.15) is 12.6 Å². The van der Waals surface area contributed by atoms with Gasteiger partial charge < -0.3 is 14.8 Å². The molecule has 1 heterocycles. The molecular formula is C11H12F3NO2. The first-order valence-corrected chi connectivity index (χ1v) is 5.24. The van der Waals surface area contributed by atoms with E-state index in [-0.39, 0.29) is 25.1 Å². The lowest BCUT2D eigenvalue weighted by Gasteiger charge is -2.23. The Kier molecular flexibility index (Phi) is 3.86. The van der Waals surface area contributed by atoms with Crippen molar-refractivity contribution in [3.05, 3.63) is 29.6 Å². The van der Waals surface area contributed by atoms with Crippen LogP contribution in [-0.2, 0) is 9.47 Å². The predicted octanol–water partition coefficient (Wildman–Crippen LogP) is 2.28. The summed E-state index contributed by atoms with van der Waals surface area (Å²) in [6.45, 7) is 1.03. The molecule has 0 radical (unpaired) electrons. The van der Waals surface area contributed by atoms with Crippen LogP contribution in [0.5, 0.6) is 0 Å². The van der Waals surface area contributed by atoms with E-state index >= 15 is 0 Å². The highest BCUT2D eigenvalue weighted by molar-refractivity contribution is 5.45. The molecular weight excluding hydrogens is 235 g/mol. The molecule has 0 aliphatic carbocycles. The van der Waals surface area contributed by atoms with Crippen molar-refractivity contribution >= 4 is 5.69 Å². The molecule has 0 amide bonds. The average Bonchev–Trinajstić information content (AvgIpc) is 2.33. The van der Waals surface area contributed by atoms with Crippen LogP contribution in [-0.4, -0.2) is 26.0 Å². The summed E-state index contributed by atoms with van der Waals surface area (Å²) in [6, 6.07) is 1.42. The molecule has 94 valence electrons. The summed E-state index contributed by atoms with van der Waals surface area (Å²) in [6.07, 6.45) is 0.515.